The highest BCUT2D eigenvalue weighted by molar-refractivity contribution is 7.82. The number of rotatable bonds is 4. The number of hydrogen-bond donors (Lipinski definition) is 1. The average molecular weight is 208 g/mol. The number of ketones is 1. The fourth-order valence-corrected chi connectivity index (χ4v) is 1.56. The van der Waals surface area contributed by atoms with Gasteiger partial charge in [-0.25, -0.2) is 0 Å². The molecule has 1 aromatic carbocycles. The Hall–Kier alpha value is -0.760. The van der Waals surface area contributed by atoms with Gasteiger partial charge in [-0.15, -0.1) is 0 Å². The second kappa shape index (κ2) is 4.65. The molecule has 14 heavy (non-hydrogen) atoms. The predicted molar refractivity (Wildman–Crippen MR) is 63.1 cm³/mol. The number of thiol groups is 1. The lowest BCUT2D eigenvalue weighted by Gasteiger charge is -2.23. The van der Waals surface area contributed by atoms with Gasteiger partial charge in [0.25, 0.3) is 0 Å². The minimum atomic E-state index is -0.499. The van der Waals surface area contributed by atoms with Crippen LogP contribution in [-0.4, -0.2) is 10.5 Å². The zero-order valence-electron chi connectivity index (χ0n) is 8.66. The van der Waals surface area contributed by atoms with Crippen LogP contribution in [-0.2, 0) is 0 Å². The van der Waals surface area contributed by atoms with Gasteiger partial charge in [0.05, 0.1) is 4.75 Å². The quantitative estimate of drug-likeness (QED) is 0.593. The van der Waals surface area contributed by atoms with Gasteiger partial charge in [-0.05, 0) is 12.8 Å². The molecule has 0 amide bonds. The van der Waals surface area contributed by atoms with Crippen LogP contribution in [0.3, 0.4) is 0 Å². The first kappa shape index (κ1) is 11.3. The molecule has 0 heterocycles. The zero-order valence-corrected chi connectivity index (χ0v) is 9.55. The molecule has 0 bridgehead atoms. The summed E-state index contributed by atoms with van der Waals surface area (Å²) in [6.45, 7) is 3.99. The maximum absolute atomic E-state index is 12.1. The summed E-state index contributed by atoms with van der Waals surface area (Å²) in [4.78, 5) is 12.1. The molecular formula is C12H16OS. The van der Waals surface area contributed by atoms with Crippen molar-refractivity contribution in [2.45, 2.75) is 31.4 Å². The summed E-state index contributed by atoms with van der Waals surface area (Å²) < 4.78 is -0.499. The molecule has 0 aliphatic carbocycles. The lowest BCUT2D eigenvalue weighted by Crippen LogP contribution is -2.31. The highest BCUT2D eigenvalue weighted by atomic mass is 32.1. The largest absolute Gasteiger partial charge is 0.293 e. The third-order valence-corrected chi connectivity index (χ3v) is 3.46. The molecule has 0 fully saturated rings. The maximum Gasteiger partial charge on any atom is 0.178 e. The molecule has 0 radical (unpaired) electrons. The van der Waals surface area contributed by atoms with Crippen molar-refractivity contribution in [3.8, 4) is 0 Å². The third-order valence-electron chi connectivity index (χ3n) is 2.63. The SMILES string of the molecule is CCC(S)(CC)C(=O)c1ccccc1. The summed E-state index contributed by atoms with van der Waals surface area (Å²) in [6, 6.07) is 9.37. The monoisotopic (exact) mass is 208 g/mol. The van der Waals surface area contributed by atoms with Crippen LogP contribution in [0.5, 0.6) is 0 Å². The molecule has 0 aliphatic rings. The molecule has 0 atom stereocenters. The van der Waals surface area contributed by atoms with Crippen LogP contribution < -0.4 is 0 Å². The van der Waals surface area contributed by atoms with E-state index in [9.17, 15) is 4.79 Å². The van der Waals surface area contributed by atoms with Gasteiger partial charge in [-0.3, -0.25) is 4.79 Å². The van der Waals surface area contributed by atoms with E-state index >= 15 is 0 Å². The lowest BCUT2D eigenvalue weighted by molar-refractivity contribution is 0.0938. The Morgan fingerprint density at radius 3 is 2.14 bits per heavy atom. The molecule has 0 N–H and O–H groups in total. The number of carbonyl (C=O) groups is 1. The number of benzene rings is 1. The Balaban J connectivity index is 2.95. The number of carbonyl (C=O) groups excluding carboxylic acids is 1. The Labute approximate surface area is 90.9 Å². The first-order valence-electron chi connectivity index (χ1n) is 4.96. The van der Waals surface area contributed by atoms with E-state index < -0.39 is 4.75 Å². The van der Waals surface area contributed by atoms with E-state index in [1.807, 2.05) is 44.2 Å². The van der Waals surface area contributed by atoms with Gasteiger partial charge >= 0.3 is 0 Å². The maximum atomic E-state index is 12.1. The van der Waals surface area contributed by atoms with Crippen molar-refractivity contribution in [1.29, 1.82) is 0 Å². The summed E-state index contributed by atoms with van der Waals surface area (Å²) in [5, 5.41) is 0. The van der Waals surface area contributed by atoms with Gasteiger partial charge in [0.15, 0.2) is 5.78 Å². The van der Waals surface area contributed by atoms with Crippen molar-refractivity contribution in [3.05, 3.63) is 35.9 Å². The van der Waals surface area contributed by atoms with Gasteiger partial charge in [0.1, 0.15) is 0 Å². The Kier molecular flexibility index (Phi) is 3.76. The van der Waals surface area contributed by atoms with Crippen molar-refractivity contribution in [2.75, 3.05) is 0 Å². The van der Waals surface area contributed by atoms with Gasteiger partial charge < -0.3 is 0 Å². The normalized spacial score (nSPS) is 11.4. The first-order chi connectivity index (χ1) is 6.64. The molecule has 0 saturated carbocycles. The predicted octanol–water partition coefficient (Wildman–Crippen LogP) is 3.36. The second-order valence-corrected chi connectivity index (χ2v) is 4.29. The zero-order chi connectivity index (χ0) is 10.6. The van der Waals surface area contributed by atoms with Crippen molar-refractivity contribution in [2.24, 2.45) is 0 Å². The molecule has 0 aliphatic heterocycles. The van der Waals surface area contributed by atoms with E-state index in [-0.39, 0.29) is 5.78 Å². The van der Waals surface area contributed by atoms with Crippen molar-refractivity contribution in [3.63, 3.8) is 0 Å². The van der Waals surface area contributed by atoms with E-state index in [0.717, 1.165) is 18.4 Å². The number of Topliss-reactive ketones (excluding diaryl/α,β-unsaturated/α-hetero) is 1. The highest BCUT2D eigenvalue weighted by Gasteiger charge is 2.30. The Morgan fingerprint density at radius 2 is 1.71 bits per heavy atom. The second-order valence-electron chi connectivity index (χ2n) is 3.43. The molecule has 1 rings (SSSR count). The minimum Gasteiger partial charge on any atom is -0.293 e. The highest BCUT2D eigenvalue weighted by Crippen LogP contribution is 2.27. The van der Waals surface area contributed by atoms with E-state index in [1.165, 1.54) is 0 Å². The Morgan fingerprint density at radius 1 is 1.21 bits per heavy atom. The van der Waals surface area contributed by atoms with Crippen LogP contribution in [0.2, 0.25) is 0 Å². The molecule has 1 aromatic rings. The molecular weight excluding hydrogens is 192 g/mol. The van der Waals surface area contributed by atoms with Crippen LogP contribution in [0.15, 0.2) is 30.3 Å². The van der Waals surface area contributed by atoms with E-state index in [1.54, 1.807) is 0 Å². The summed E-state index contributed by atoms with van der Waals surface area (Å²) in [7, 11) is 0. The molecule has 0 unspecified atom stereocenters. The van der Waals surface area contributed by atoms with Gasteiger partial charge in [-0.1, -0.05) is 44.2 Å². The van der Waals surface area contributed by atoms with Gasteiger partial charge in [-0.2, -0.15) is 12.6 Å². The molecule has 0 saturated heterocycles. The molecule has 2 heteroatoms. The van der Waals surface area contributed by atoms with Crippen molar-refractivity contribution in [1.82, 2.24) is 0 Å². The van der Waals surface area contributed by atoms with Gasteiger partial charge in [0, 0.05) is 5.56 Å². The standard InChI is InChI=1S/C12H16OS/c1-3-12(14,4-2)11(13)10-8-6-5-7-9-10/h5-9,14H,3-4H2,1-2H3. The summed E-state index contributed by atoms with van der Waals surface area (Å²) in [5.41, 5.74) is 0.756. The molecule has 0 spiro atoms. The van der Waals surface area contributed by atoms with Crippen LogP contribution in [0.1, 0.15) is 37.0 Å². The van der Waals surface area contributed by atoms with E-state index in [2.05, 4.69) is 12.6 Å². The smallest absolute Gasteiger partial charge is 0.178 e. The molecule has 1 nitrogen and oxygen atoms in total. The fraction of sp³-hybridized carbons (Fsp3) is 0.417. The lowest BCUT2D eigenvalue weighted by atomic mass is 9.92. The number of hydrogen-bond acceptors (Lipinski definition) is 2. The minimum absolute atomic E-state index is 0.131. The van der Waals surface area contributed by atoms with Crippen molar-refractivity contribution >= 4 is 18.4 Å². The van der Waals surface area contributed by atoms with Crippen LogP contribution in [0.25, 0.3) is 0 Å². The first-order valence-corrected chi connectivity index (χ1v) is 5.41. The fourth-order valence-electron chi connectivity index (χ4n) is 1.43. The van der Waals surface area contributed by atoms with Crippen LogP contribution in [0.4, 0.5) is 0 Å². The van der Waals surface area contributed by atoms with Gasteiger partial charge in [0.2, 0.25) is 0 Å². The van der Waals surface area contributed by atoms with E-state index in [0.29, 0.717) is 0 Å². The molecule has 76 valence electrons. The van der Waals surface area contributed by atoms with Crippen LogP contribution >= 0.6 is 12.6 Å². The molecule has 0 aromatic heterocycles. The third kappa shape index (κ3) is 2.18. The Bertz CT molecular complexity index is 301. The summed E-state index contributed by atoms with van der Waals surface area (Å²) in [5.74, 6) is 0.131. The summed E-state index contributed by atoms with van der Waals surface area (Å²) >= 11 is 4.48. The van der Waals surface area contributed by atoms with Crippen molar-refractivity contribution < 1.29 is 4.79 Å². The van der Waals surface area contributed by atoms with Crippen LogP contribution in [0, 0.1) is 0 Å². The topological polar surface area (TPSA) is 17.1 Å². The van der Waals surface area contributed by atoms with E-state index in [4.69, 9.17) is 0 Å². The summed E-state index contributed by atoms with van der Waals surface area (Å²) in [6.07, 6.45) is 1.53. The average Bonchev–Trinajstić information content (AvgIpc) is 2.28.